The summed E-state index contributed by atoms with van der Waals surface area (Å²) in [4.78, 5) is 50.9. The van der Waals surface area contributed by atoms with Crippen LogP contribution in [0.5, 0.6) is 0 Å². The third-order valence-electron chi connectivity index (χ3n) is 4.99. The van der Waals surface area contributed by atoms with Crippen LogP contribution in [0.4, 0.5) is 13.2 Å². The van der Waals surface area contributed by atoms with Crippen LogP contribution in [0.25, 0.3) is 0 Å². The van der Waals surface area contributed by atoms with Crippen molar-refractivity contribution < 1.29 is 32.3 Å². The molecule has 11 heteroatoms. The summed E-state index contributed by atoms with van der Waals surface area (Å²) in [6, 6.07) is 3.20. The molecule has 0 saturated carbocycles. The van der Waals surface area contributed by atoms with E-state index in [0.29, 0.717) is 12.1 Å². The third-order valence-corrected chi connectivity index (χ3v) is 4.99. The molecular weight excluding hydrogens is 405 g/mol. The molecule has 2 aliphatic rings. The Balaban J connectivity index is 1.80. The molecule has 8 nitrogen and oxygen atoms in total. The van der Waals surface area contributed by atoms with E-state index in [-0.39, 0.29) is 37.1 Å². The number of nitrogens with one attached hydrogen (secondary N) is 2. The molecule has 1 saturated heterocycles. The number of hydrogen-bond donors (Lipinski definition) is 2. The van der Waals surface area contributed by atoms with Crippen molar-refractivity contribution in [1.29, 1.82) is 0 Å². The Kier molecular flexibility index (Phi) is 6.22. The van der Waals surface area contributed by atoms with Crippen molar-refractivity contribution in [1.82, 2.24) is 20.4 Å². The molecule has 162 valence electrons. The van der Waals surface area contributed by atoms with Gasteiger partial charge in [0.25, 0.3) is 11.8 Å². The first kappa shape index (κ1) is 21.9. The minimum absolute atomic E-state index is 0.00687. The normalized spacial score (nSPS) is 19.5. The summed E-state index contributed by atoms with van der Waals surface area (Å²) < 4.78 is 38.6. The Morgan fingerprint density at radius 3 is 2.50 bits per heavy atom. The zero-order valence-corrected chi connectivity index (χ0v) is 16.2. The topological polar surface area (TPSA) is 98.8 Å². The summed E-state index contributed by atoms with van der Waals surface area (Å²) in [5.74, 6) is -2.53. The molecule has 1 aromatic carbocycles. The molecule has 4 amide bonds. The van der Waals surface area contributed by atoms with Gasteiger partial charge in [0.05, 0.1) is 17.7 Å². The zero-order valence-electron chi connectivity index (χ0n) is 16.2. The van der Waals surface area contributed by atoms with Crippen LogP contribution in [0.3, 0.4) is 0 Å². The fourth-order valence-corrected chi connectivity index (χ4v) is 3.61. The molecule has 1 fully saturated rings. The molecule has 1 aromatic rings. The minimum Gasteiger partial charge on any atom is -0.318 e. The van der Waals surface area contributed by atoms with Crippen molar-refractivity contribution in [3.63, 3.8) is 0 Å². The van der Waals surface area contributed by atoms with Gasteiger partial charge in [-0.25, -0.2) is 0 Å². The Bertz CT molecular complexity index is 887. The maximum absolute atomic E-state index is 12.9. The maximum atomic E-state index is 12.9. The van der Waals surface area contributed by atoms with Crippen molar-refractivity contribution in [3.8, 4) is 0 Å². The second-order valence-corrected chi connectivity index (χ2v) is 7.26. The summed E-state index contributed by atoms with van der Waals surface area (Å²) in [5, 5.41) is 4.91. The number of likely N-dealkylation sites (N-methyl/N-ethyl adjacent to an activating group) is 1. The van der Waals surface area contributed by atoms with Crippen molar-refractivity contribution in [2.45, 2.75) is 31.6 Å². The molecule has 30 heavy (non-hydrogen) atoms. The highest BCUT2D eigenvalue weighted by Gasteiger charge is 2.44. The standard InChI is InChI=1S/C19H21F3N4O4/c1-23-6-7-25(10-19(20,21)22)9-11-2-3-12-13(8-11)18(30)26(17(12)29)14-4-5-15(27)24-16(14)28/h2-3,8,14,23H,4-7,9-10H2,1H3,(H,24,27,28). The highest BCUT2D eigenvalue weighted by Crippen LogP contribution is 2.29. The van der Waals surface area contributed by atoms with Gasteiger partial charge in [-0.2, -0.15) is 13.2 Å². The van der Waals surface area contributed by atoms with Gasteiger partial charge in [0, 0.05) is 26.1 Å². The van der Waals surface area contributed by atoms with Crippen LogP contribution in [-0.4, -0.2) is 72.3 Å². The van der Waals surface area contributed by atoms with Crippen LogP contribution in [0, 0.1) is 0 Å². The van der Waals surface area contributed by atoms with Gasteiger partial charge in [-0.05, 0) is 31.2 Å². The molecule has 0 bridgehead atoms. The number of piperidine rings is 1. The number of hydrogen-bond acceptors (Lipinski definition) is 6. The van der Waals surface area contributed by atoms with Crippen molar-refractivity contribution in [2.24, 2.45) is 0 Å². The monoisotopic (exact) mass is 426 g/mol. The number of nitrogens with zero attached hydrogens (tertiary/aromatic N) is 2. The number of benzene rings is 1. The Morgan fingerprint density at radius 1 is 1.17 bits per heavy atom. The molecule has 0 aliphatic carbocycles. The minimum atomic E-state index is -4.38. The van der Waals surface area contributed by atoms with Gasteiger partial charge in [0.1, 0.15) is 6.04 Å². The second-order valence-electron chi connectivity index (χ2n) is 7.26. The number of carbonyl (C=O) groups excluding carboxylic acids is 4. The van der Waals surface area contributed by atoms with E-state index in [1.54, 1.807) is 7.05 Å². The summed E-state index contributed by atoms with van der Waals surface area (Å²) in [6.45, 7) is -0.681. The SMILES string of the molecule is CNCCN(Cc1ccc2c(c1)C(=O)N(C1CCC(=O)NC1=O)C2=O)CC(F)(F)F. The van der Waals surface area contributed by atoms with Gasteiger partial charge < -0.3 is 5.32 Å². The predicted octanol–water partition coefficient (Wildman–Crippen LogP) is 0.671. The lowest BCUT2D eigenvalue weighted by molar-refractivity contribution is -0.147. The van der Waals surface area contributed by atoms with E-state index < -0.39 is 42.4 Å². The Morgan fingerprint density at radius 2 is 1.87 bits per heavy atom. The Hall–Kier alpha value is -2.79. The largest absolute Gasteiger partial charge is 0.401 e. The van der Waals surface area contributed by atoms with Gasteiger partial charge in [-0.15, -0.1) is 0 Å². The number of carbonyl (C=O) groups is 4. The highest BCUT2D eigenvalue weighted by atomic mass is 19.4. The number of alkyl halides is 3. The number of fused-ring (bicyclic) bond motifs is 1. The lowest BCUT2D eigenvalue weighted by Gasteiger charge is -2.27. The summed E-state index contributed by atoms with van der Waals surface area (Å²) in [7, 11) is 1.63. The summed E-state index contributed by atoms with van der Waals surface area (Å²) in [6.07, 6.45) is -4.34. The van der Waals surface area contributed by atoms with E-state index in [9.17, 15) is 32.3 Å². The highest BCUT2D eigenvalue weighted by molar-refractivity contribution is 6.23. The van der Waals surface area contributed by atoms with Crippen LogP contribution in [-0.2, 0) is 16.1 Å². The first-order chi connectivity index (χ1) is 14.1. The van der Waals surface area contributed by atoms with E-state index in [0.717, 1.165) is 4.90 Å². The van der Waals surface area contributed by atoms with Crippen LogP contribution < -0.4 is 10.6 Å². The first-order valence-corrected chi connectivity index (χ1v) is 9.39. The quantitative estimate of drug-likeness (QED) is 0.622. The molecule has 2 N–H and O–H groups in total. The molecule has 0 aromatic heterocycles. The van der Waals surface area contributed by atoms with E-state index in [2.05, 4.69) is 10.6 Å². The van der Waals surface area contributed by atoms with E-state index in [4.69, 9.17) is 0 Å². The first-order valence-electron chi connectivity index (χ1n) is 9.39. The van der Waals surface area contributed by atoms with Gasteiger partial charge >= 0.3 is 6.18 Å². The molecule has 1 atom stereocenters. The van der Waals surface area contributed by atoms with Crippen LogP contribution >= 0.6 is 0 Å². The van der Waals surface area contributed by atoms with E-state index in [1.807, 2.05) is 0 Å². The number of halogens is 3. The molecule has 2 heterocycles. The zero-order chi connectivity index (χ0) is 22.1. The lowest BCUT2D eigenvalue weighted by atomic mass is 10.0. The van der Waals surface area contributed by atoms with E-state index in [1.165, 1.54) is 23.1 Å². The summed E-state index contributed by atoms with van der Waals surface area (Å²) >= 11 is 0. The van der Waals surface area contributed by atoms with Gasteiger partial charge in [-0.1, -0.05) is 6.07 Å². The smallest absolute Gasteiger partial charge is 0.318 e. The van der Waals surface area contributed by atoms with Crippen molar-refractivity contribution in [3.05, 3.63) is 34.9 Å². The maximum Gasteiger partial charge on any atom is 0.401 e. The van der Waals surface area contributed by atoms with Gasteiger partial charge in [-0.3, -0.25) is 34.3 Å². The molecular formula is C19H21F3N4O4. The van der Waals surface area contributed by atoms with Gasteiger partial charge in [0.15, 0.2) is 0 Å². The lowest BCUT2D eigenvalue weighted by Crippen LogP contribution is -2.54. The van der Waals surface area contributed by atoms with Gasteiger partial charge in [0.2, 0.25) is 11.8 Å². The van der Waals surface area contributed by atoms with Crippen molar-refractivity contribution in [2.75, 3.05) is 26.7 Å². The molecule has 2 aliphatic heterocycles. The van der Waals surface area contributed by atoms with Crippen LogP contribution in [0.2, 0.25) is 0 Å². The second kappa shape index (κ2) is 8.52. The molecule has 0 spiro atoms. The number of amides is 4. The van der Waals surface area contributed by atoms with Crippen LogP contribution in [0.15, 0.2) is 18.2 Å². The predicted molar refractivity (Wildman–Crippen MR) is 98.4 cm³/mol. The average molecular weight is 426 g/mol. The number of imide groups is 2. The molecule has 1 unspecified atom stereocenters. The average Bonchev–Trinajstić information content (AvgIpc) is 2.89. The summed E-state index contributed by atoms with van der Waals surface area (Å²) in [5.41, 5.74) is 0.578. The molecule has 3 rings (SSSR count). The van der Waals surface area contributed by atoms with E-state index >= 15 is 0 Å². The van der Waals surface area contributed by atoms with Crippen LogP contribution in [0.1, 0.15) is 39.1 Å². The molecule has 0 radical (unpaired) electrons. The number of rotatable bonds is 7. The van der Waals surface area contributed by atoms with Crippen molar-refractivity contribution >= 4 is 23.6 Å². The third kappa shape index (κ3) is 4.68. The Labute approximate surface area is 170 Å². The fraction of sp³-hybridized carbons (Fsp3) is 0.474. The fourth-order valence-electron chi connectivity index (χ4n) is 3.61.